The number of nitrogens with two attached hydrogens (primary N) is 1. The normalized spacial score (nSPS) is 17.5. The third-order valence-electron chi connectivity index (χ3n) is 4.63. The molecule has 1 amide bonds. The highest BCUT2D eigenvalue weighted by molar-refractivity contribution is 7.89. The molecular weight excluding hydrogens is 397 g/mol. The van der Waals surface area contributed by atoms with Gasteiger partial charge >= 0.3 is 6.18 Å². The Balaban J connectivity index is 0.00000122. The number of alkyl halides is 3. The third-order valence-corrected chi connectivity index (χ3v) is 6.71. The number of carbonyl (C=O) groups excluding carboxylic acids is 1. The van der Waals surface area contributed by atoms with Crippen LogP contribution in [0.5, 0.6) is 0 Å². The zero-order valence-electron chi connectivity index (χ0n) is 16.0. The fourth-order valence-electron chi connectivity index (χ4n) is 3.33. The van der Waals surface area contributed by atoms with Crippen molar-refractivity contribution < 1.29 is 26.4 Å². The van der Waals surface area contributed by atoms with E-state index in [4.69, 9.17) is 4.79 Å². The molecule has 28 heavy (non-hydrogen) atoms. The summed E-state index contributed by atoms with van der Waals surface area (Å²) in [5.41, 5.74) is 3.01. The second-order valence-corrected chi connectivity index (χ2v) is 8.66. The number of nitrogens with one attached hydrogen (secondary N) is 1. The van der Waals surface area contributed by atoms with Gasteiger partial charge in [0.2, 0.25) is 16.4 Å². The summed E-state index contributed by atoms with van der Waals surface area (Å²) in [5.74, 6) is 0.0911. The number of aromatic nitrogens is 1. The van der Waals surface area contributed by atoms with Gasteiger partial charge in [0, 0.05) is 30.7 Å². The van der Waals surface area contributed by atoms with E-state index < -0.39 is 27.3 Å². The molecule has 0 saturated carbocycles. The second-order valence-electron chi connectivity index (χ2n) is 6.57. The van der Waals surface area contributed by atoms with Crippen molar-refractivity contribution in [3.8, 4) is 0 Å². The van der Waals surface area contributed by atoms with Gasteiger partial charge < -0.3 is 11.1 Å². The quantitative estimate of drug-likeness (QED) is 0.674. The maximum absolute atomic E-state index is 13.0. The van der Waals surface area contributed by atoms with Gasteiger partial charge in [-0.3, -0.25) is 4.79 Å². The fourth-order valence-corrected chi connectivity index (χ4v) is 4.84. The molecule has 0 aromatic carbocycles. The molecule has 11 heteroatoms. The smallest absolute Gasteiger partial charge is 0.372 e. The number of halogens is 3. The predicted molar refractivity (Wildman–Crippen MR) is 100.0 cm³/mol. The molecule has 0 unspecified atom stereocenters. The Hall–Kier alpha value is -1.72. The summed E-state index contributed by atoms with van der Waals surface area (Å²) < 4.78 is 64.8. The molecule has 2 heterocycles. The second kappa shape index (κ2) is 10.2. The van der Waals surface area contributed by atoms with Crippen molar-refractivity contribution in [2.24, 2.45) is 5.73 Å². The van der Waals surface area contributed by atoms with Crippen molar-refractivity contribution in [1.82, 2.24) is 14.6 Å². The predicted octanol–water partition coefficient (Wildman–Crippen LogP) is 1.49. The molecule has 1 aliphatic rings. The zero-order valence-corrected chi connectivity index (χ0v) is 16.8. The van der Waals surface area contributed by atoms with E-state index in [1.165, 1.54) is 10.4 Å². The van der Waals surface area contributed by atoms with Gasteiger partial charge in [-0.15, -0.1) is 0 Å². The number of pyridine rings is 1. The number of sulfonamides is 1. The minimum atomic E-state index is -4.50. The topological polar surface area (TPSA) is 105 Å². The van der Waals surface area contributed by atoms with Crippen LogP contribution in [0.4, 0.5) is 13.2 Å². The van der Waals surface area contributed by atoms with Crippen LogP contribution in [0, 0.1) is 0 Å². The summed E-state index contributed by atoms with van der Waals surface area (Å²) >= 11 is 0. The maximum Gasteiger partial charge on any atom is 0.433 e. The molecular formula is C17H27F3N4O3S. The maximum atomic E-state index is 13.0. The van der Waals surface area contributed by atoms with Crippen LogP contribution in [0.3, 0.4) is 0 Å². The van der Waals surface area contributed by atoms with Crippen LogP contribution < -0.4 is 11.1 Å². The standard InChI is InChI=1S/C16H24F3N3O2S.CH3NO/c1-3-11-25(23,24)22-9-7-15(8-10-22,12-20-2)13-5-4-6-14(21-13)16(17,18)19;2-1-3/h4-6,20H,3,7-12H2,1-2H3;1H,(H2,2,3). The van der Waals surface area contributed by atoms with E-state index in [1.807, 2.05) is 0 Å². The highest BCUT2D eigenvalue weighted by Gasteiger charge is 2.41. The van der Waals surface area contributed by atoms with E-state index in [0.717, 1.165) is 6.07 Å². The number of hydrogen-bond acceptors (Lipinski definition) is 5. The molecule has 1 saturated heterocycles. The first kappa shape index (κ1) is 24.3. The molecule has 0 atom stereocenters. The van der Waals surface area contributed by atoms with Gasteiger partial charge in [0.05, 0.1) is 5.75 Å². The molecule has 0 aliphatic carbocycles. The first-order valence-corrected chi connectivity index (χ1v) is 10.5. The van der Waals surface area contributed by atoms with Gasteiger partial charge in [-0.25, -0.2) is 17.7 Å². The van der Waals surface area contributed by atoms with Gasteiger partial charge in [-0.1, -0.05) is 13.0 Å². The molecule has 0 spiro atoms. The summed E-state index contributed by atoms with van der Waals surface area (Å²) in [4.78, 5) is 12.4. The Labute approximate surface area is 163 Å². The van der Waals surface area contributed by atoms with Crippen molar-refractivity contribution in [2.75, 3.05) is 32.4 Å². The average molecular weight is 424 g/mol. The molecule has 1 aliphatic heterocycles. The van der Waals surface area contributed by atoms with E-state index in [9.17, 15) is 21.6 Å². The first-order valence-electron chi connectivity index (χ1n) is 8.89. The molecule has 0 radical (unpaired) electrons. The molecule has 160 valence electrons. The average Bonchev–Trinajstić information content (AvgIpc) is 2.62. The number of likely N-dealkylation sites (N-methyl/N-ethyl adjacent to an activating group) is 1. The third kappa shape index (κ3) is 6.14. The summed E-state index contributed by atoms with van der Waals surface area (Å²) in [5, 5.41) is 3.02. The van der Waals surface area contributed by atoms with Crippen molar-refractivity contribution in [3.63, 3.8) is 0 Å². The van der Waals surface area contributed by atoms with Gasteiger partial charge in [0.25, 0.3) is 0 Å². The van der Waals surface area contributed by atoms with E-state index in [2.05, 4.69) is 16.0 Å². The monoisotopic (exact) mass is 424 g/mol. The molecule has 3 N–H and O–H groups in total. The number of primary amides is 1. The lowest BCUT2D eigenvalue weighted by atomic mass is 9.75. The van der Waals surface area contributed by atoms with Crippen LogP contribution in [0.15, 0.2) is 18.2 Å². The van der Waals surface area contributed by atoms with Crippen molar-refractivity contribution in [2.45, 2.75) is 37.8 Å². The molecule has 0 bridgehead atoms. The van der Waals surface area contributed by atoms with Crippen LogP contribution in [0.1, 0.15) is 37.6 Å². The van der Waals surface area contributed by atoms with E-state index in [1.54, 1.807) is 20.0 Å². The van der Waals surface area contributed by atoms with Gasteiger partial charge in [-0.2, -0.15) is 13.2 Å². The summed E-state index contributed by atoms with van der Waals surface area (Å²) in [6.07, 6.45) is -2.84. The highest BCUT2D eigenvalue weighted by atomic mass is 32.2. The Morgan fingerprint density at radius 1 is 1.32 bits per heavy atom. The number of piperidine rings is 1. The number of amides is 1. The van der Waals surface area contributed by atoms with E-state index in [0.29, 0.717) is 44.6 Å². The van der Waals surface area contributed by atoms with E-state index >= 15 is 0 Å². The molecule has 1 aromatic rings. The van der Waals surface area contributed by atoms with Crippen LogP contribution in [0.2, 0.25) is 0 Å². The molecule has 1 aromatic heterocycles. The van der Waals surface area contributed by atoms with Gasteiger partial charge in [-0.05, 0) is 38.4 Å². The van der Waals surface area contributed by atoms with Crippen molar-refractivity contribution >= 4 is 16.4 Å². The molecule has 2 rings (SSSR count). The SMILES string of the molecule is CCCS(=O)(=O)N1CCC(CNC)(c2cccc(C(F)(F)F)n2)CC1.NC=O. The lowest BCUT2D eigenvalue weighted by Crippen LogP contribution is -2.50. The van der Waals surface area contributed by atoms with Gasteiger partial charge in [0.1, 0.15) is 5.69 Å². The Morgan fingerprint density at radius 3 is 2.36 bits per heavy atom. The van der Waals surface area contributed by atoms with Crippen LogP contribution >= 0.6 is 0 Å². The largest absolute Gasteiger partial charge is 0.433 e. The van der Waals surface area contributed by atoms with Gasteiger partial charge in [0.15, 0.2) is 0 Å². The number of hydrogen-bond donors (Lipinski definition) is 2. The summed E-state index contributed by atoms with van der Waals surface area (Å²) in [7, 11) is -1.57. The Morgan fingerprint density at radius 2 is 1.89 bits per heavy atom. The number of carbonyl (C=O) groups is 1. The van der Waals surface area contributed by atoms with Crippen molar-refractivity contribution in [3.05, 3.63) is 29.6 Å². The minimum absolute atomic E-state index is 0.0911. The first-order chi connectivity index (χ1) is 13.1. The number of nitrogens with zero attached hydrogens (tertiary/aromatic N) is 2. The summed E-state index contributed by atoms with van der Waals surface area (Å²) in [6, 6.07) is 3.92. The van der Waals surface area contributed by atoms with Crippen LogP contribution in [-0.2, 0) is 26.4 Å². The zero-order chi connectivity index (χ0) is 21.4. The minimum Gasteiger partial charge on any atom is -0.372 e. The fraction of sp³-hybridized carbons (Fsp3) is 0.647. The molecule has 7 nitrogen and oxygen atoms in total. The Kier molecular flexibility index (Phi) is 8.83. The lowest BCUT2D eigenvalue weighted by molar-refractivity contribution is -0.141. The van der Waals surface area contributed by atoms with E-state index in [-0.39, 0.29) is 12.2 Å². The summed E-state index contributed by atoms with van der Waals surface area (Å²) in [6.45, 7) is 2.84. The highest BCUT2D eigenvalue weighted by Crippen LogP contribution is 2.37. The Bertz CT molecular complexity index is 733. The van der Waals surface area contributed by atoms with Crippen LogP contribution in [-0.4, -0.2) is 56.6 Å². The van der Waals surface area contributed by atoms with Crippen molar-refractivity contribution in [1.29, 1.82) is 0 Å². The lowest BCUT2D eigenvalue weighted by Gasteiger charge is -2.41. The number of rotatable bonds is 6. The molecule has 1 fully saturated rings. The van der Waals surface area contributed by atoms with Crippen LogP contribution in [0.25, 0.3) is 0 Å².